The number of carbonyl (C=O) groups excluding carboxylic acids is 4. The van der Waals surface area contributed by atoms with Crippen molar-refractivity contribution in [1.29, 1.82) is 0 Å². The van der Waals surface area contributed by atoms with E-state index in [-0.39, 0.29) is 29.4 Å². The fourth-order valence-electron chi connectivity index (χ4n) is 5.35. The van der Waals surface area contributed by atoms with Crippen LogP contribution < -0.4 is 19.8 Å². The molecule has 2 aliphatic rings. The van der Waals surface area contributed by atoms with Gasteiger partial charge >= 0.3 is 10.8 Å². The van der Waals surface area contributed by atoms with Crippen molar-refractivity contribution in [2.24, 2.45) is 5.92 Å². The molecule has 0 radical (unpaired) electrons. The lowest BCUT2D eigenvalue weighted by atomic mass is 9.82. The molecule has 1 fully saturated rings. The van der Waals surface area contributed by atoms with Crippen LogP contribution in [0, 0.1) is 5.92 Å². The van der Waals surface area contributed by atoms with E-state index < -0.39 is 40.8 Å². The number of benzene rings is 3. The molecule has 11 nitrogen and oxygen atoms in total. The number of aromatic nitrogens is 1. The highest BCUT2D eigenvalue weighted by Crippen LogP contribution is 2.54. The molecule has 0 saturated carbocycles. The van der Waals surface area contributed by atoms with Crippen LogP contribution in [0.4, 0.5) is 11.4 Å². The number of aromatic hydroxyl groups is 1. The maximum absolute atomic E-state index is 14.1. The summed E-state index contributed by atoms with van der Waals surface area (Å²) in [4.78, 5) is 69.5. The first-order valence-electron chi connectivity index (χ1n) is 13.7. The predicted octanol–water partition coefficient (Wildman–Crippen LogP) is 4.89. The van der Waals surface area contributed by atoms with Crippen molar-refractivity contribution in [2.75, 3.05) is 23.4 Å². The fraction of sp³-hybridized carbons (Fsp3) is 0.194. The van der Waals surface area contributed by atoms with Gasteiger partial charge in [-0.1, -0.05) is 39.0 Å². The minimum Gasteiger partial charge on any atom is -0.508 e. The van der Waals surface area contributed by atoms with E-state index in [1.807, 2.05) is 0 Å². The van der Waals surface area contributed by atoms with Crippen molar-refractivity contribution in [3.8, 4) is 11.5 Å². The van der Waals surface area contributed by atoms with Gasteiger partial charge in [-0.25, -0.2) is 9.69 Å². The zero-order valence-electron chi connectivity index (χ0n) is 23.4. The summed E-state index contributed by atoms with van der Waals surface area (Å²) in [6, 6.07) is 17.2. The summed E-state index contributed by atoms with van der Waals surface area (Å²) in [5.74, 6) is -3.16. The largest absolute Gasteiger partial charge is 0.508 e. The number of phenols is 1. The van der Waals surface area contributed by atoms with E-state index in [1.54, 1.807) is 37.3 Å². The number of ether oxygens (including phenoxy) is 2. The Bertz CT molecular complexity index is 1870. The van der Waals surface area contributed by atoms with Gasteiger partial charge in [0.15, 0.2) is 6.61 Å². The smallest absolute Gasteiger partial charge is 0.338 e. The molecular weight excluding hydrogens is 686 g/mol. The van der Waals surface area contributed by atoms with Gasteiger partial charge in [0.1, 0.15) is 16.7 Å². The number of thioether (sulfide) groups is 1. The topological polar surface area (TPSA) is 155 Å². The van der Waals surface area contributed by atoms with Crippen LogP contribution in [0.3, 0.4) is 0 Å². The van der Waals surface area contributed by atoms with Gasteiger partial charge in [-0.3, -0.25) is 19.2 Å². The first-order chi connectivity index (χ1) is 21.6. The van der Waals surface area contributed by atoms with Gasteiger partial charge in [-0.15, -0.1) is 0 Å². The molecule has 0 spiro atoms. The van der Waals surface area contributed by atoms with Gasteiger partial charge in [0.25, 0.3) is 5.91 Å². The Morgan fingerprint density at radius 2 is 1.76 bits per heavy atom. The first kappa shape index (κ1) is 30.6. The number of carbonyl (C=O) groups is 4. The lowest BCUT2D eigenvalue weighted by Crippen LogP contribution is -2.32. The Morgan fingerprint density at radius 3 is 2.47 bits per heavy atom. The van der Waals surface area contributed by atoms with Crippen molar-refractivity contribution in [3.63, 3.8) is 0 Å². The number of hydrogen-bond acceptors (Lipinski definition) is 10. The number of esters is 1. The lowest BCUT2D eigenvalue weighted by Gasteiger charge is -2.31. The predicted molar refractivity (Wildman–Crippen MR) is 171 cm³/mol. The number of rotatable bonds is 8. The summed E-state index contributed by atoms with van der Waals surface area (Å²) >= 11 is 5.58. The highest BCUT2D eigenvalue weighted by molar-refractivity contribution is 9.10. The van der Waals surface area contributed by atoms with Crippen molar-refractivity contribution < 1.29 is 33.8 Å². The van der Waals surface area contributed by atoms with Crippen LogP contribution in [-0.2, 0) is 19.1 Å². The summed E-state index contributed by atoms with van der Waals surface area (Å²) in [5.41, 5.74) is 1.58. The Kier molecular flexibility index (Phi) is 8.53. The molecule has 3 atom stereocenters. The molecule has 3 N–H and O–H groups in total. The number of phenolic OH excluding ortho intramolecular Hbond substituents is 1. The first-order valence-corrected chi connectivity index (χ1v) is 16.2. The van der Waals surface area contributed by atoms with E-state index in [0.717, 1.165) is 28.0 Å². The number of nitrogens with zero attached hydrogens (tertiary/aromatic N) is 1. The molecule has 6 rings (SSSR count). The number of imide groups is 1. The average molecular weight is 711 g/mol. The van der Waals surface area contributed by atoms with E-state index in [0.29, 0.717) is 37.1 Å². The molecule has 1 saturated heterocycles. The molecular formula is C31H24BrN3O8S2. The standard InChI is InChI=1S/C31H24BrN3O8S2/c1-2-42-30(40)15-3-8-18(9-4-15)35-28(38)24-23(25-27(34-31(41)45-25)44-26(24)29(35)39)20-13-16(32)5-12-21(20)43-14-22(37)33-17-6-10-19(36)11-7-17/h3-13,23-24,26,36H,2,14H2,1H3,(H,33,37)(H,34,41)/t23-,24?,26?/m1/s1. The number of thiazole rings is 1. The molecule has 0 bridgehead atoms. The lowest BCUT2D eigenvalue weighted by molar-refractivity contribution is -0.122. The number of aromatic amines is 1. The third kappa shape index (κ3) is 6.00. The van der Waals surface area contributed by atoms with Gasteiger partial charge < -0.3 is 24.9 Å². The van der Waals surface area contributed by atoms with E-state index >= 15 is 0 Å². The molecule has 2 aliphatic heterocycles. The van der Waals surface area contributed by atoms with Gasteiger partial charge in [0.2, 0.25) is 11.8 Å². The summed E-state index contributed by atoms with van der Waals surface area (Å²) in [6.45, 7) is 1.54. The van der Waals surface area contributed by atoms with Crippen LogP contribution in [0.5, 0.6) is 11.5 Å². The van der Waals surface area contributed by atoms with Crippen molar-refractivity contribution in [2.45, 2.75) is 23.1 Å². The van der Waals surface area contributed by atoms with Crippen molar-refractivity contribution >= 4 is 74.1 Å². The molecule has 4 aromatic rings. The third-order valence-corrected chi connectivity index (χ3v) is 10.2. The van der Waals surface area contributed by atoms with Gasteiger partial charge in [0.05, 0.1) is 28.8 Å². The number of nitrogens with one attached hydrogen (secondary N) is 2. The minimum atomic E-state index is -0.895. The molecule has 45 heavy (non-hydrogen) atoms. The molecule has 1 aromatic heterocycles. The highest BCUT2D eigenvalue weighted by atomic mass is 79.9. The number of anilines is 2. The van der Waals surface area contributed by atoms with Crippen LogP contribution in [0.25, 0.3) is 0 Å². The number of amides is 3. The van der Waals surface area contributed by atoms with Crippen LogP contribution in [0.2, 0.25) is 0 Å². The molecule has 3 heterocycles. The van der Waals surface area contributed by atoms with Crippen molar-refractivity contribution in [3.05, 3.63) is 96.9 Å². The molecule has 3 amide bonds. The van der Waals surface area contributed by atoms with E-state index in [4.69, 9.17) is 9.47 Å². The summed E-state index contributed by atoms with van der Waals surface area (Å²) in [7, 11) is 0. The second-order valence-corrected chi connectivity index (χ2v) is 13.2. The monoisotopic (exact) mass is 709 g/mol. The SMILES string of the molecule is CCOC(=O)c1ccc(N2C(=O)C3Sc4[nH]c(=O)sc4[C@H](c4cc(Br)ccc4OCC(=O)Nc4ccc(O)cc4)C3C2=O)cc1. The highest BCUT2D eigenvalue weighted by Gasteiger charge is 2.56. The second kappa shape index (κ2) is 12.5. The van der Waals surface area contributed by atoms with Crippen LogP contribution in [0.15, 0.2) is 81.0 Å². The number of halogens is 1. The van der Waals surface area contributed by atoms with Gasteiger partial charge in [-0.05, 0) is 73.7 Å². The van der Waals surface area contributed by atoms with Crippen molar-refractivity contribution in [1.82, 2.24) is 4.98 Å². The van der Waals surface area contributed by atoms with E-state index in [1.165, 1.54) is 36.4 Å². The number of H-pyrrole nitrogens is 1. The van der Waals surface area contributed by atoms with Crippen LogP contribution in [-0.4, -0.2) is 52.2 Å². The van der Waals surface area contributed by atoms with E-state index in [9.17, 15) is 29.1 Å². The quantitative estimate of drug-likeness (QED) is 0.132. The zero-order chi connectivity index (χ0) is 31.8. The second-order valence-electron chi connectivity index (χ2n) is 10.1. The number of hydrogen-bond donors (Lipinski definition) is 3. The maximum Gasteiger partial charge on any atom is 0.338 e. The van der Waals surface area contributed by atoms with E-state index in [2.05, 4.69) is 26.2 Å². The average Bonchev–Trinajstić information content (AvgIpc) is 3.51. The Hall–Kier alpha value is -4.40. The summed E-state index contributed by atoms with van der Waals surface area (Å²) in [6.07, 6.45) is 0. The molecule has 0 aliphatic carbocycles. The number of fused-ring (bicyclic) bond motifs is 2. The molecule has 3 aromatic carbocycles. The maximum atomic E-state index is 14.1. The normalized spacial score (nSPS) is 18.7. The Morgan fingerprint density at radius 1 is 1.02 bits per heavy atom. The summed E-state index contributed by atoms with van der Waals surface area (Å²) in [5, 5.41) is 11.8. The molecule has 230 valence electrons. The van der Waals surface area contributed by atoms with Gasteiger partial charge in [-0.2, -0.15) is 0 Å². The Labute approximate surface area is 272 Å². The van der Waals surface area contributed by atoms with Gasteiger partial charge in [0, 0.05) is 26.5 Å². The molecule has 14 heteroatoms. The summed E-state index contributed by atoms with van der Waals surface area (Å²) < 4.78 is 11.7. The van der Waals surface area contributed by atoms with Crippen LogP contribution in [0.1, 0.15) is 33.6 Å². The molecule has 2 unspecified atom stereocenters. The zero-order valence-corrected chi connectivity index (χ0v) is 26.7. The third-order valence-electron chi connectivity index (χ3n) is 7.28. The van der Waals surface area contributed by atoms with Crippen LogP contribution >= 0.6 is 39.0 Å². The minimum absolute atomic E-state index is 0.0614. The fourth-order valence-corrected chi connectivity index (χ4v) is 8.23. The Balaban J connectivity index is 1.33.